The zero-order chi connectivity index (χ0) is 19.6. The molecule has 0 saturated carbocycles. The van der Waals surface area contributed by atoms with Gasteiger partial charge in [0.25, 0.3) is 5.91 Å². The van der Waals surface area contributed by atoms with Crippen LogP contribution in [-0.4, -0.2) is 50.3 Å². The smallest absolute Gasteiger partial charge is 0.255 e. The first-order chi connectivity index (χ1) is 13.7. The van der Waals surface area contributed by atoms with E-state index in [0.29, 0.717) is 24.5 Å². The summed E-state index contributed by atoms with van der Waals surface area (Å²) in [5.74, 6) is 0.533. The van der Waals surface area contributed by atoms with Crippen LogP contribution in [0.4, 0.5) is 0 Å². The molecule has 5 nitrogen and oxygen atoms in total. The van der Waals surface area contributed by atoms with Gasteiger partial charge in [0.2, 0.25) is 0 Å². The Morgan fingerprint density at radius 3 is 2.75 bits per heavy atom. The van der Waals surface area contributed by atoms with Gasteiger partial charge in [-0.05, 0) is 50.6 Å². The van der Waals surface area contributed by atoms with Crippen molar-refractivity contribution in [3.05, 3.63) is 65.7 Å². The molecular formula is C23H30N2O3. The summed E-state index contributed by atoms with van der Waals surface area (Å²) in [6.07, 6.45) is 3.13. The van der Waals surface area contributed by atoms with Crippen molar-refractivity contribution in [1.29, 1.82) is 0 Å². The van der Waals surface area contributed by atoms with Crippen molar-refractivity contribution in [3.8, 4) is 5.75 Å². The van der Waals surface area contributed by atoms with Crippen molar-refractivity contribution in [3.63, 3.8) is 0 Å². The second-order valence-electron chi connectivity index (χ2n) is 7.28. The molecule has 1 N–H and O–H groups in total. The standard InChI is InChI=1S/C23H30N2O3/c1-25(17-19-9-3-2-4-10-19)15-8-14-24-23(26)21-12-5-6-13-22(21)28-18-20-11-7-16-27-20/h2-6,9-10,12-13,20H,7-8,11,14-18H2,1H3,(H,24,26). The molecule has 2 aromatic carbocycles. The van der Waals surface area contributed by atoms with Gasteiger partial charge < -0.3 is 19.7 Å². The predicted molar refractivity (Wildman–Crippen MR) is 111 cm³/mol. The highest BCUT2D eigenvalue weighted by atomic mass is 16.5. The normalized spacial score (nSPS) is 16.3. The first-order valence-electron chi connectivity index (χ1n) is 10.1. The number of carbonyl (C=O) groups is 1. The van der Waals surface area contributed by atoms with E-state index in [1.165, 1.54) is 5.56 Å². The van der Waals surface area contributed by atoms with E-state index in [0.717, 1.165) is 39.0 Å². The molecule has 1 aliphatic heterocycles. The van der Waals surface area contributed by atoms with E-state index in [-0.39, 0.29) is 12.0 Å². The molecule has 1 heterocycles. The lowest BCUT2D eigenvalue weighted by atomic mass is 10.2. The minimum Gasteiger partial charge on any atom is -0.490 e. The van der Waals surface area contributed by atoms with Crippen LogP contribution >= 0.6 is 0 Å². The SMILES string of the molecule is CN(CCCNC(=O)c1ccccc1OCC1CCCO1)Cc1ccccc1. The van der Waals surface area contributed by atoms with Gasteiger partial charge in [-0.2, -0.15) is 0 Å². The minimum atomic E-state index is -0.0892. The molecular weight excluding hydrogens is 352 g/mol. The number of para-hydroxylation sites is 1. The van der Waals surface area contributed by atoms with Crippen LogP contribution in [0.2, 0.25) is 0 Å². The average Bonchev–Trinajstić information content (AvgIpc) is 3.24. The second kappa shape index (κ2) is 10.8. The van der Waals surface area contributed by atoms with Crippen molar-refractivity contribution in [1.82, 2.24) is 10.2 Å². The number of hydrogen-bond acceptors (Lipinski definition) is 4. The van der Waals surface area contributed by atoms with Crippen LogP contribution in [0.15, 0.2) is 54.6 Å². The number of nitrogens with zero attached hydrogens (tertiary/aromatic N) is 1. The Bertz CT molecular complexity index is 730. The second-order valence-corrected chi connectivity index (χ2v) is 7.28. The zero-order valence-corrected chi connectivity index (χ0v) is 16.6. The maximum absolute atomic E-state index is 12.6. The molecule has 2 aromatic rings. The van der Waals surface area contributed by atoms with Gasteiger partial charge in [0.05, 0.1) is 11.7 Å². The Morgan fingerprint density at radius 1 is 1.18 bits per heavy atom. The maximum atomic E-state index is 12.6. The van der Waals surface area contributed by atoms with E-state index < -0.39 is 0 Å². The van der Waals surface area contributed by atoms with Gasteiger partial charge >= 0.3 is 0 Å². The van der Waals surface area contributed by atoms with Gasteiger partial charge in [-0.3, -0.25) is 4.79 Å². The molecule has 0 spiro atoms. The molecule has 0 aromatic heterocycles. The number of benzene rings is 2. The van der Waals surface area contributed by atoms with Crippen LogP contribution in [0.3, 0.4) is 0 Å². The van der Waals surface area contributed by atoms with E-state index in [2.05, 4.69) is 41.5 Å². The summed E-state index contributed by atoms with van der Waals surface area (Å²) in [6, 6.07) is 17.8. The van der Waals surface area contributed by atoms with Gasteiger partial charge in [-0.25, -0.2) is 0 Å². The van der Waals surface area contributed by atoms with E-state index in [1.807, 2.05) is 30.3 Å². The Kier molecular flexibility index (Phi) is 7.88. The highest BCUT2D eigenvalue weighted by Crippen LogP contribution is 2.20. The number of hydrogen-bond donors (Lipinski definition) is 1. The summed E-state index contributed by atoms with van der Waals surface area (Å²) in [7, 11) is 2.10. The van der Waals surface area contributed by atoms with Crippen molar-refractivity contribution >= 4 is 5.91 Å². The third kappa shape index (κ3) is 6.36. The fourth-order valence-electron chi connectivity index (χ4n) is 3.36. The summed E-state index contributed by atoms with van der Waals surface area (Å²) >= 11 is 0. The number of rotatable bonds is 10. The Hall–Kier alpha value is -2.37. The summed E-state index contributed by atoms with van der Waals surface area (Å²) in [4.78, 5) is 14.8. The number of carbonyl (C=O) groups excluding carboxylic acids is 1. The first kappa shape index (κ1) is 20.4. The molecule has 0 radical (unpaired) electrons. The van der Waals surface area contributed by atoms with Crippen molar-refractivity contribution < 1.29 is 14.3 Å². The van der Waals surface area contributed by atoms with Gasteiger partial charge in [-0.1, -0.05) is 42.5 Å². The molecule has 28 heavy (non-hydrogen) atoms. The van der Waals surface area contributed by atoms with E-state index in [1.54, 1.807) is 0 Å². The molecule has 5 heteroatoms. The monoisotopic (exact) mass is 382 g/mol. The summed E-state index contributed by atoms with van der Waals surface area (Å²) in [6.45, 7) is 3.77. The third-order valence-corrected chi connectivity index (χ3v) is 4.88. The Labute approximate surface area is 167 Å². The predicted octanol–water partition coefficient (Wildman–Crippen LogP) is 3.50. The fourth-order valence-corrected chi connectivity index (χ4v) is 3.36. The van der Waals surface area contributed by atoms with Crippen LogP contribution < -0.4 is 10.1 Å². The highest BCUT2D eigenvalue weighted by Gasteiger charge is 2.18. The Morgan fingerprint density at radius 2 is 1.96 bits per heavy atom. The molecule has 150 valence electrons. The Balaban J connectivity index is 1.40. The van der Waals surface area contributed by atoms with Gasteiger partial charge in [0, 0.05) is 19.7 Å². The van der Waals surface area contributed by atoms with E-state index in [9.17, 15) is 4.79 Å². The van der Waals surface area contributed by atoms with Crippen LogP contribution in [-0.2, 0) is 11.3 Å². The number of ether oxygens (including phenoxy) is 2. The highest BCUT2D eigenvalue weighted by molar-refractivity contribution is 5.96. The lowest BCUT2D eigenvalue weighted by Crippen LogP contribution is -2.28. The van der Waals surface area contributed by atoms with Gasteiger partial charge in [0.1, 0.15) is 12.4 Å². The van der Waals surface area contributed by atoms with Crippen molar-refractivity contribution in [2.75, 3.05) is 33.4 Å². The van der Waals surface area contributed by atoms with Gasteiger partial charge in [0.15, 0.2) is 0 Å². The third-order valence-electron chi connectivity index (χ3n) is 4.88. The van der Waals surface area contributed by atoms with Crippen LogP contribution in [0.1, 0.15) is 35.2 Å². The molecule has 0 bridgehead atoms. The molecule has 1 aliphatic rings. The van der Waals surface area contributed by atoms with E-state index >= 15 is 0 Å². The summed E-state index contributed by atoms with van der Waals surface area (Å²) in [5, 5.41) is 3.01. The molecule has 3 rings (SSSR count). The average molecular weight is 383 g/mol. The lowest BCUT2D eigenvalue weighted by molar-refractivity contribution is 0.0670. The number of nitrogens with one attached hydrogen (secondary N) is 1. The molecule has 1 unspecified atom stereocenters. The summed E-state index contributed by atoms with van der Waals surface area (Å²) in [5.41, 5.74) is 1.88. The quantitative estimate of drug-likeness (QED) is 0.639. The molecule has 1 atom stereocenters. The van der Waals surface area contributed by atoms with Crippen molar-refractivity contribution in [2.45, 2.75) is 31.9 Å². The van der Waals surface area contributed by atoms with E-state index in [4.69, 9.17) is 9.47 Å². The molecule has 1 amide bonds. The maximum Gasteiger partial charge on any atom is 0.255 e. The molecule has 1 fully saturated rings. The number of amides is 1. The van der Waals surface area contributed by atoms with Crippen LogP contribution in [0, 0.1) is 0 Å². The fraction of sp³-hybridized carbons (Fsp3) is 0.435. The van der Waals surface area contributed by atoms with Crippen LogP contribution in [0.25, 0.3) is 0 Å². The largest absolute Gasteiger partial charge is 0.490 e. The molecule has 1 saturated heterocycles. The zero-order valence-electron chi connectivity index (χ0n) is 16.6. The van der Waals surface area contributed by atoms with Crippen LogP contribution in [0.5, 0.6) is 5.75 Å². The topological polar surface area (TPSA) is 50.8 Å². The lowest BCUT2D eigenvalue weighted by Gasteiger charge is -2.17. The van der Waals surface area contributed by atoms with Gasteiger partial charge in [-0.15, -0.1) is 0 Å². The van der Waals surface area contributed by atoms with Crippen molar-refractivity contribution in [2.24, 2.45) is 0 Å². The first-order valence-corrected chi connectivity index (χ1v) is 10.1. The molecule has 0 aliphatic carbocycles. The summed E-state index contributed by atoms with van der Waals surface area (Å²) < 4.78 is 11.4. The minimum absolute atomic E-state index is 0.0892.